The van der Waals surface area contributed by atoms with Gasteiger partial charge in [0.05, 0.1) is 6.61 Å². The highest BCUT2D eigenvalue weighted by molar-refractivity contribution is 5.65. The number of aliphatic carboxylic acids is 2. The van der Waals surface area contributed by atoms with Crippen LogP contribution in [0.25, 0.3) is 0 Å². The Kier molecular flexibility index (Phi) is 41.7. The largest absolute Gasteiger partial charge is 0.481 e. The van der Waals surface area contributed by atoms with Crippen molar-refractivity contribution >= 4 is 17.9 Å². The van der Waals surface area contributed by atoms with Gasteiger partial charge in [0.25, 0.3) is 11.9 Å². The molecule has 0 aliphatic heterocycles. The Labute approximate surface area is 206 Å². The quantitative estimate of drug-likeness (QED) is 0.144. The third-order valence-corrected chi connectivity index (χ3v) is 4.20. The van der Waals surface area contributed by atoms with Crippen molar-refractivity contribution in [3.05, 3.63) is 0 Å². The SMILES string of the molecule is CC(=O)O.CC(=O)O.CC(=O)OCC(O)CO.CCCCCCCCCCCCCCCCO. The monoisotopic (exact) mass is 496 g/mol. The van der Waals surface area contributed by atoms with Crippen LogP contribution in [0, 0.1) is 0 Å². The zero-order chi connectivity index (χ0) is 27.0. The molecule has 0 aliphatic rings. The van der Waals surface area contributed by atoms with Crippen LogP contribution in [0.4, 0.5) is 0 Å². The van der Waals surface area contributed by atoms with Crippen molar-refractivity contribution in [2.45, 2.75) is 124 Å². The van der Waals surface area contributed by atoms with Gasteiger partial charge >= 0.3 is 5.97 Å². The van der Waals surface area contributed by atoms with E-state index in [1.54, 1.807) is 0 Å². The van der Waals surface area contributed by atoms with E-state index < -0.39 is 24.0 Å². The van der Waals surface area contributed by atoms with Gasteiger partial charge in [0.2, 0.25) is 0 Å². The zero-order valence-electron chi connectivity index (χ0n) is 22.0. The molecular formula is C25H52O9. The highest BCUT2D eigenvalue weighted by atomic mass is 16.5. The highest BCUT2D eigenvalue weighted by Crippen LogP contribution is 2.12. The number of unbranched alkanes of at least 4 members (excludes halogenated alkanes) is 13. The lowest BCUT2D eigenvalue weighted by atomic mass is 10.0. The van der Waals surface area contributed by atoms with E-state index in [2.05, 4.69) is 11.7 Å². The molecule has 34 heavy (non-hydrogen) atoms. The summed E-state index contributed by atoms with van der Waals surface area (Å²) in [5, 5.41) is 40.3. The lowest BCUT2D eigenvalue weighted by Gasteiger charge is -2.05. The van der Waals surface area contributed by atoms with Gasteiger partial charge in [-0.15, -0.1) is 0 Å². The van der Waals surface area contributed by atoms with Crippen molar-refractivity contribution in [2.24, 2.45) is 0 Å². The molecule has 0 spiro atoms. The molecule has 9 nitrogen and oxygen atoms in total. The summed E-state index contributed by atoms with van der Waals surface area (Å²) in [6, 6.07) is 0. The van der Waals surface area contributed by atoms with Gasteiger partial charge in [-0.25, -0.2) is 0 Å². The number of aliphatic hydroxyl groups excluding tert-OH is 3. The van der Waals surface area contributed by atoms with Crippen molar-refractivity contribution in [3.8, 4) is 0 Å². The highest BCUT2D eigenvalue weighted by Gasteiger charge is 2.02. The van der Waals surface area contributed by atoms with Crippen molar-refractivity contribution in [1.29, 1.82) is 0 Å². The van der Waals surface area contributed by atoms with Gasteiger partial charge in [-0.05, 0) is 6.42 Å². The summed E-state index contributed by atoms with van der Waals surface area (Å²) < 4.78 is 4.35. The van der Waals surface area contributed by atoms with Gasteiger partial charge in [-0.1, -0.05) is 90.4 Å². The first-order valence-electron chi connectivity index (χ1n) is 12.5. The van der Waals surface area contributed by atoms with E-state index in [0.29, 0.717) is 6.61 Å². The fourth-order valence-electron chi connectivity index (χ4n) is 2.57. The average Bonchev–Trinajstić information content (AvgIpc) is 2.75. The van der Waals surface area contributed by atoms with E-state index in [-0.39, 0.29) is 13.2 Å². The molecule has 206 valence electrons. The second-order valence-corrected chi connectivity index (χ2v) is 8.00. The molecule has 0 bridgehead atoms. The Balaban J connectivity index is -0.000000219. The second kappa shape index (κ2) is 35.9. The lowest BCUT2D eigenvalue weighted by Crippen LogP contribution is -2.20. The van der Waals surface area contributed by atoms with Crippen LogP contribution < -0.4 is 0 Å². The van der Waals surface area contributed by atoms with E-state index in [9.17, 15) is 4.79 Å². The summed E-state index contributed by atoms with van der Waals surface area (Å²) in [7, 11) is 0. The normalized spacial score (nSPS) is 10.3. The van der Waals surface area contributed by atoms with Gasteiger partial charge in [-0.3, -0.25) is 14.4 Å². The van der Waals surface area contributed by atoms with Crippen molar-refractivity contribution < 1.29 is 44.7 Å². The Morgan fingerprint density at radius 1 is 0.647 bits per heavy atom. The first kappa shape index (κ1) is 39.5. The van der Waals surface area contributed by atoms with Gasteiger partial charge in [0.15, 0.2) is 0 Å². The number of carboxylic acids is 2. The van der Waals surface area contributed by atoms with Crippen LogP contribution in [0.15, 0.2) is 0 Å². The molecule has 0 aromatic carbocycles. The number of esters is 1. The summed E-state index contributed by atoms with van der Waals surface area (Å²) >= 11 is 0. The fraction of sp³-hybridized carbons (Fsp3) is 0.880. The molecule has 0 fully saturated rings. The Hall–Kier alpha value is -1.71. The van der Waals surface area contributed by atoms with Gasteiger partial charge < -0.3 is 30.3 Å². The van der Waals surface area contributed by atoms with Crippen LogP contribution in [0.3, 0.4) is 0 Å². The van der Waals surface area contributed by atoms with E-state index in [1.165, 1.54) is 90.4 Å². The molecule has 0 aromatic rings. The molecule has 1 atom stereocenters. The lowest BCUT2D eigenvalue weighted by molar-refractivity contribution is -0.144. The Morgan fingerprint density at radius 2 is 0.941 bits per heavy atom. The van der Waals surface area contributed by atoms with Crippen LogP contribution in [-0.2, 0) is 19.1 Å². The second-order valence-electron chi connectivity index (χ2n) is 8.00. The van der Waals surface area contributed by atoms with E-state index >= 15 is 0 Å². The summed E-state index contributed by atoms with van der Waals surface area (Å²) in [4.78, 5) is 28.0. The van der Waals surface area contributed by atoms with Crippen LogP contribution in [0.2, 0.25) is 0 Å². The molecule has 0 rings (SSSR count). The van der Waals surface area contributed by atoms with Crippen molar-refractivity contribution in [1.82, 2.24) is 0 Å². The predicted octanol–water partition coefficient (Wildman–Crippen LogP) is 4.54. The molecule has 0 radical (unpaired) electrons. The minimum atomic E-state index is -0.950. The van der Waals surface area contributed by atoms with Crippen molar-refractivity contribution in [2.75, 3.05) is 19.8 Å². The summed E-state index contributed by atoms with van der Waals surface area (Å²) in [5.74, 6) is -2.12. The van der Waals surface area contributed by atoms with E-state index in [0.717, 1.165) is 20.3 Å². The number of carbonyl (C=O) groups is 3. The summed E-state index contributed by atoms with van der Waals surface area (Å²) in [5.41, 5.74) is 0. The topological polar surface area (TPSA) is 162 Å². The number of hydrogen-bond donors (Lipinski definition) is 5. The first-order chi connectivity index (χ1) is 16.0. The third kappa shape index (κ3) is 69.8. The summed E-state index contributed by atoms with van der Waals surface area (Å²) in [6.45, 7) is 5.54. The molecule has 1 unspecified atom stereocenters. The maximum absolute atomic E-state index is 10.0. The zero-order valence-corrected chi connectivity index (χ0v) is 22.0. The molecule has 0 heterocycles. The number of rotatable bonds is 17. The van der Waals surface area contributed by atoms with E-state index in [4.69, 9.17) is 35.1 Å². The smallest absolute Gasteiger partial charge is 0.302 e. The number of hydrogen-bond acceptors (Lipinski definition) is 7. The summed E-state index contributed by atoms with van der Waals surface area (Å²) in [6.07, 6.45) is 18.3. The fourth-order valence-corrected chi connectivity index (χ4v) is 2.57. The molecule has 0 saturated heterocycles. The Morgan fingerprint density at radius 3 is 1.18 bits per heavy atom. The predicted molar refractivity (Wildman–Crippen MR) is 134 cm³/mol. The molecule has 9 heteroatoms. The van der Waals surface area contributed by atoms with Crippen LogP contribution >= 0.6 is 0 Å². The van der Waals surface area contributed by atoms with Gasteiger partial charge in [-0.2, -0.15) is 0 Å². The molecule has 5 N–H and O–H groups in total. The third-order valence-electron chi connectivity index (χ3n) is 4.20. The number of aliphatic hydroxyl groups is 3. The first-order valence-corrected chi connectivity index (χ1v) is 12.5. The average molecular weight is 497 g/mol. The minimum Gasteiger partial charge on any atom is -0.481 e. The molecule has 0 aliphatic carbocycles. The van der Waals surface area contributed by atoms with Crippen LogP contribution in [0.5, 0.6) is 0 Å². The standard InChI is InChI=1S/C16H34O.C5H10O4.2C2H4O2/c1-2-3-4-5-6-7-8-9-10-11-12-13-14-15-16-17;1-4(7)9-3-5(8)2-6;2*1-2(3)4/h17H,2-16H2,1H3;5-6,8H,2-3H2,1H3;2*1H3,(H,3,4). The van der Waals surface area contributed by atoms with Gasteiger partial charge in [0.1, 0.15) is 12.7 Å². The maximum atomic E-state index is 10.0. The number of ether oxygens (including phenoxy) is 1. The van der Waals surface area contributed by atoms with Crippen molar-refractivity contribution in [3.63, 3.8) is 0 Å². The van der Waals surface area contributed by atoms with E-state index in [1.807, 2.05) is 0 Å². The molecule has 0 saturated carbocycles. The minimum absolute atomic E-state index is 0.133. The van der Waals surface area contributed by atoms with Crippen LogP contribution in [0.1, 0.15) is 118 Å². The Bertz CT molecular complexity index is 395. The molecule has 0 amide bonds. The number of carbonyl (C=O) groups excluding carboxylic acids is 1. The van der Waals surface area contributed by atoms with Crippen LogP contribution in [-0.4, -0.2) is 69.4 Å². The molecule has 0 aromatic heterocycles. The van der Waals surface area contributed by atoms with Gasteiger partial charge in [0, 0.05) is 27.4 Å². The molecular weight excluding hydrogens is 444 g/mol. The number of carboxylic acid groups (broad SMARTS) is 2. The maximum Gasteiger partial charge on any atom is 0.302 e.